The van der Waals surface area contributed by atoms with Gasteiger partial charge in [0.25, 0.3) is 5.91 Å². The van der Waals surface area contributed by atoms with E-state index >= 15 is 0 Å². The van der Waals surface area contributed by atoms with Crippen LogP contribution < -0.4 is 0 Å². The van der Waals surface area contributed by atoms with Gasteiger partial charge in [-0.15, -0.1) is 0 Å². The zero-order valence-electron chi connectivity index (χ0n) is 13.3. The Balaban J connectivity index is 1.43. The van der Waals surface area contributed by atoms with Crippen molar-refractivity contribution >= 4 is 5.91 Å². The maximum Gasteiger partial charge on any atom is 0.257 e. The van der Waals surface area contributed by atoms with E-state index in [-0.39, 0.29) is 11.8 Å². The Bertz CT molecular complexity index is 701. The molecule has 0 N–H and O–H groups in total. The van der Waals surface area contributed by atoms with Crippen molar-refractivity contribution in [3.8, 4) is 0 Å². The number of aryl methyl sites for hydroxylation is 1. The molecule has 1 unspecified atom stereocenters. The lowest BCUT2D eigenvalue weighted by molar-refractivity contribution is 0.0789. The van der Waals surface area contributed by atoms with E-state index in [1.54, 1.807) is 17.1 Å². The van der Waals surface area contributed by atoms with Gasteiger partial charge in [0.2, 0.25) is 5.89 Å². The third-order valence-electron chi connectivity index (χ3n) is 4.95. The van der Waals surface area contributed by atoms with Gasteiger partial charge in [-0.05, 0) is 19.3 Å². The molecule has 1 saturated carbocycles. The van der Waals surface area contributed by atoms with E-state index in [4.69, 9.17) is 4.52 Å². The van der Waals surface area contributed by atoms with Crippen LogP contribution in [-0.4, -0.2) is 43.8 Å². The van der Waals surface area contributed by atoms with Crippen LogP contribution in [0.15, 0.2) is 16.9 Å². The SMILES string of the molecule is Cn1cc(C(=O)N2CCC(c3nc(C4CCCC4)no3)C2)cn1. The number of rotatable bonds is 3. The van der Waals surface area contributed by atoms with Gasteiger partial charge in [-0.3, -0.25) is 9.48 Å². The third kappa shape index (κ3) is 2.75. The van der Waals surface area contributed by atoms with Crippen molar-refractivity contribution in [1.82, 2.24) is 24.8 Å². The number of hydrogen-bond donors (Lipinski definition) is 0. The second-order valence-electron chi connectivity index (χ2n) is 6.61. The second-order valence-corrected chi connectivity index (χ2v) is 6.61. The van der Waals surface area contributed by atoms with Crippen LogP contribution in [-0.2, 0) is 7.05 Å². The molecule has 7 heteroatoms. The lowest BCUT2D eigenvalue weighted by atomic mass is 10.1. The minimum Gasteiger partial charge on any atom is -0.339 e. The lowest BCUT2D eigenvalue weighted by Gasteiger charge is -2.14. The Hall–Kier alpha value is -2.18. The third-order valence-corrected chi connectivity index (χ3v) is 4.95. The molecule has 4 rings (SSSR count). The molecule has 2 aromatic rings. The largest absolute Gasteiger partial charge is 0.339 e. The van der Waals surface area contributed by atoms with Gasteiger partial charge >= 0.3 is 0 Å². The van der Waals surface area contributed by atoms with Gasteiger partial charge in [0.15, 0.2) is 5.82 Å². The average Bonchev–Trinajstić information content (AvgIpc) is 3.30. The summed E-state index contributed by atoms with van der Waals surface area (Å²) in [6.07, 6.45) is 9.07. The summed E-state index contributed by atoms with van der Waals surface area (Å²) in [6, 6.07) is 0. The normalized spacial score (nSPS) is 22.1. The van der Waals surface area contributed by atoms with Crippen molar-refractivity contribution < 1.29 is 9.32 Å². The van der Waals surface area contributed by atoms with Crippen LogP contribution >= 0.6 is 0 Å². The summed E-state index contributed by atoms with van der Waals surface area (Å²) in [7, 11) is 1.81. The first-order chi connectivity index (χ1) is 11.2. The lowest BCUT2D eigenvalue weighted by Crippen LogP contribution is -2.28. The molecule has 7 nitrogen and oxygen atoms in total. The van der Waals surface area contributed by atoms with E-state index in [1.165, 1.54) is 12.8 Å². The predicted octanol–water partition coefficient (Wildman–Crippen LogP) is 2.09. The van der Waals surface area contributed by atoms with Gasteiger partial charge in [0.1, 0.15) is 0 Å². The fraction of sp³-hybridized carbons (Fsp3) is 0.625. The number of aromatic nitrogens is 4. The van der Waals surface area contributed by atoms with Gasteiger partial charge in [-0.25, -0.2) is 0 Å². The Labute approximate surface area is 134 Å². The van der Waals surface area contributed by atoms with Gasteiger partial charge in [-0.2, -0.15) is 10.1 Å². The quantitative estimate of drug-likeness (QED) is 0.866. The molecule has 0 bridgehead atoms. The first-order valence-electron chi connectivity index (χ1n) is 8.32. The molecule has 1 aliphatic heterocycles. The minimum atomic E-state index is 0.0242. The summed E-state index contributed by atoms with van der Waals surface area (Å²) in [6.45, 7) is 1.36. The van der Waals surface area contributed by atoms with E-state index in [9.17, 15) is 4.79 Å². The number of likely N-dealkylation sites (tertiary alicyclic amines) is 1. The standard InChI is InChI=1S/C16H21N5O2/c1-20-9-13(8-17-20)16(22)21-7-6-12(10-21)15-18-14(19-23-15)11-4-2-3-5-11/h8-9,11-12H,2-7,10H2,1H3. The zero-order valence-corrected chi connectivity index (χ0v) is 13.3. The molecule has 0 radical (unpaired) electrons. The summed E-state index contributed by atoms with van der Waals surface area (Å²) >= 11 is 0. The Morgan fingerprint density at radius 2 is 2.09 bits per heavy atom. The van der Waals surface area contributed by atoms with Crippen molar-refractivity contribution in [2.45, 2.75) is 43.9 Å². The molecule has 1 saturated heterocycles. The molecule has 3 heterocycles. The molecule has 1 aliphatic carbocycles. The van der Waals surface area contributed by atoms with E-state index in [1.807, 2.05) is 11.9 Å². The Morgan fingerprint density at radius 1 is 1.26 bits per heavy atom. The number of amides is 1. The van der Waals surface area contributed by atoms with Crippen LogP contribution in [0.25, 0.3) is 0 Å². The van der Waals surface area contributed by atoms with Crippen LogP contribution in [0, 0.1) is 0 Å². The van der Waals surface area contributed by atoms with Gasteiger partial charge < -0.3 is 9.42 Å². The van der Waals surface area contributed by atoms with Crippen molar-refractivity contribution in [1.29, 1.82) is 0 Å². The topological polar surface area (TPSA) is 77.0 Å². The van der Waals surface area contributed by atoms with E-state index in [0.717, 1.165) is 31.6 Å². The molecule has 1 amide bonds. The number of carbonyl (C=O) groups is 1. The van der Waals surface area contributed by atoms with Crippen LogP contribution in [0.3, 0.4) is 0 Å². The van der Waals surface area contributed by atoms with Crippen LogP contribution in [0.2, 0.25) is 0 Å². The molecule has 0 spiro atoms. The number of carbonyl (C=O) groups excluding carboxylic acids is 1. The Kier molecular flexibility index (Phi) is 3.63. The van der Waals surface area contributed by atoms with Crippen LogP contribution in [0.4, 0.5) is 0 Å². The van der Waals surface area contributed by atoms with Crippen molar-refractivity contribution in [3.05, 3.63) is 29.7 Å². The molecule has 2 aromatic heterocycles. The highest BCUT2D eigenvalue weighted by molar-refractivity contribution is 5.93. The second kappa shape index (κ2) is 5.79. The number of hydrogen-bond acceptors (Lipinski definition) is 5. The molecule has 0 aromatic carbocycles. The highest BCUT2D eigenvalue weighted by atomic mass is 16.5. The molecule has 2 aliphatic rings. The molecule has 1 atom stereocenters. The summed E-state index contributed by atoms with van der Waals surface area (Å²) < 4.78 is 7.13. The van der Waals surface area contributed by atoms with Gasteiger partial charge in [0, 0.05) is 32.3 Å². The smallest absolute Gasteiger partial charge is 0.257 e. The van der Waals surface area contributed by atoms with Crippen LogP contribution in [0.5, 0.6) is 0 Å². The number of nitrogens with zero attached hydrogens (tertiary/aromatic N) is 5. The van der Waals surface area contributed by atoms with Gasteiger partial charge in [0.05, 0.1) is 17.7 Å². The monoisotopic (exact) mass is 315 g/mol. The first kappa shape index (κ1) is 14.4. The molecular weight excluding hydrogens is 294 g/mol. The molecule has 2 fully saturated rings. The fourth-order valence-corrected chi connectivity index (χ4v) is 3.62. The van der Waals surface area contributed by atoms with Gasteiger partial charge in [-0.1, -0.05) is 18.0 Å². The Morgan fingerprint density at radius 3 is 2.83 bits per heavy atom. The zero-order chi connectivity index (χ0) is 15.8. The predicted molar refractivity (Wildman–Crippen MR) is 82.0 cm³/mol. The fourth-order valence-electron chi connectivity index (χ4n) is 3.62. The average molecular weight is 315 g/mol. The minimum absolute atomic E-state index is 0.0242. The molecular formula is C16H21N5O2. The molecule has 23 heavy (non-hydrogen) atoms. The summed E-state index contributed by atoms with van der Waals surface area (Å²) in [4.78, 5) is 18.9. The molecule has 122 valence electrons. The van der Waals surface area contributed by atoms with Crippen molar-refractivity contribution in [2.75, 3.05) is 13.1 Å². The van der Waals surface area contributed by atoms with Crippen LogP contribution in [0.1, 0.15) is 66.0 Å². The van der Waals surface area contributed by atoms with E-state index < -0.39 is 0 Å². The summed E-state index contributed by atoms with van der Waals surface area (Å²) in [5, 5.41) is 8.23. The van der Waals surface area contributed by atoms with Crippen molar-refractivity contribution in [3.63, 3.8) is 0 Å². The van der Waals surface area contributed by atoms with E-state index in [2.05, 4.69) is 15.2 Å². The summed E-state index contributed by atoms with van der Waals surface area (Å²) in [5.41, 5.74) is 0.630. The summed E-state index contributed by atoms with van der Waals surface area (Å²) in [5.74, 6) is 2.18. The first-order valence-corrected chi connectivity index (χ1v) is 8.32. The highest BCUT2D eigenvalue weighted by Gasteiger charge is 2.33. The van der Waals surface area contributed by atoms with Crippen molar-refractivity contribution in [2.24, 2.45) is 7.05 Å². The maximum atomic E-state index is 12.5. The highest BCUT2D eigenvalue weighted by Crippen LogP contribution is 2.34. The maximum absolute atomic E-state index is 12.5. The van der Waals surface area contributed by atoms with E-state index in [0.29, 0.717) is 23.9 Å².